The van der Waals surface area contributed by atoms with Gasteiger partial charge in [0, 0.05) is 0 Å². The van der Waals surface area contributed by atoms with E-state index in [1.807, 2.05) is 0 Å². The van der Waals surface area contributed by atoms with Crippen molar-refractivity contribution in [3.8, 4) is 5.75 Å². The lowest BCUT2D eigenvalue weighted by atomic mass is 9.86. The number of ether oxygens (including phenoxy) is 1. The molecule has 1 aromatic carbocycles. The predicted octanol–water partition coefficient (Wildman–Crippen LogP) is 0.578. The SMILES string of the molecule is Bc1ccc2c(c1C)CCCO2. The molecule has 0 spiro atoms. The van der Waals surface area contributed by atoms with E-state index in [9.17, 15) is 0 Å². The first-order valence-electron chi connectivity index (χ1n) is 4.51. The summed E-state index contributed by atoms with van der Waals surface area (Å²) in [6.07, 6.45) is 2.35. The molecule has 1 heterocycles. The maximum Gasteiger partial charge on any atom is 0.139 e. The lowest BCUT2D eigenvalue weighted by Crippen LogP contribution is -2.16. The fraction of sp³-hybridized carbons (Fsp3) is 0.400. The van der Waals surface area contributed by atoms with Crippen molar-refractivity contribution in [3.05, 3.63) is 23.3 Å². The Kier molecular flexibility index (Phi) is 1.83. The summed E-state index contributed by atoms with van der Waals surface area (Å²) < 4.78 is 5.56. The Morgan fingerprint density at radius 2 is 2.25 bits per heavy atom. The zero-order valence-corrected chi connectivity index (χ0v) is 7.68. The largest absolute Gasteiger partial charge is 0.493 e. The molecule has 0 radical (unpaired) electrons. The Bertz CT molecular complexity index is 307. The maximum atomic E-state index is 5.56. The van der Waals surface area contributed by atoms with Gasteiger partial charge in [0.25, 0.3) is 0 Å². The summed E-state index contributed by atoms with van der Waals surface area (Å²) in [7, 11) is 2.16. The van der Waals surface area contributed by atoms with Crippen LogP contribution in [0.4, 0.5) is 0 Å². The highest BCUT2D eigenvalue weighted by Gasteiger charge is 2.12. The molecule has 0 unspecified atom stereocenters. The summed E-state index contributed by atoms with van der Waals surface area (Å²) in [5.74, 6) is 1.10. The first-order valence-corrected chi connectivity index (χ1v) is 4.51. The third-order valence-electron chi connectivity index (χ3n) is 2.65. The van der Waals surface area contributed by atoms with Crippen molar-refractivity contribution < 1.29 is 4.74 Å². The lowest BCUT2D eigenvalue weighted by molar-refractivity contribution is 0.288. The van der Waals surface area contributed by atoms with E-state index in [-0.39, 0.29) is 0 Å². The quantitative estimate of drug-likeness (QED) is 0.504. The Morgan fingerprint density at radius 1 is 1.42 bits per heavy atom. The van der Waals surface area contributed by atoms with Crippen LogP contribution in [-0.2, 0) is 6.42 Å². The van der Waals surface area contributed by atoms with E-state index in [0.717, 1.165) is 18.8 Å². The summed E-state index contributed by atoms with van der Waals surface area (Å²) in [6.45, 7) is 3.07. The van der Waals surface area contributed by atoms with E-state index < -0.39 is 0 Å². The second-order valence-corrected chi connectivity index (χ2v) is 3.44. The van der Waals surface area contributed by atoms with Gasteiger partial charge >= 0.3 is 0 Å². The molecule has 62 valence electrons. The van der Waals surface area contributed by atoms with Crippen LogP contribution in [0, 0.1) is 6.92 Å². The molecule has 1 aromatic rings. The van der Waals surface area contributed by atoms with Gasteiger partial charge in [0.1, 0.15) is 13.6 Å². The van der Waals surface area contributed by atoms with Crippen LogP contribution >= 0.6 is 0 Å². The fourth-order valence-electron chi connectivity index (χ4n) is 1.73. The van der Waals surface area contributed by atoms with Crippen LogP contribution in [0.3, 0.4) is 0 Å². The smallest absolute Gasteiger partial charge is 0.139 e. The minimum absolute atomic E-state index is 0.884. The maximum absolute atomic E-state index is 5.56. The van der Waals surface area contributed by atoms with Gasteiger partial charge in [-0.25, -0.2) is 0 Å². The number of hydrogen-bond acceptors (Lipinski definition) is 1. The van der Waals surface area contributed by atoms with Crippen LogP contribution in [0.25, 0.3) is 0 Å². The summed E-state index contributed by atoms with van der Waals surface area (Å²) in [4.78, 5) is 0. The third kappa shape index (κ3) is 1.11. The highest BCUT2D eigenvalue weighted by molar-refractivity contribution is 6.33. The van der Waals surface area contributed by atoms with Crippen LogP contribution in [-0.4, -0.2) is 14.5 Å². The Morgan fingerprint density at radius 3 is 3.08 bits per heavy atom. The van der Waals surface area contributed by atoms with E-state index in [1.54, 1.807) is 0 Å². The van der Waals surface area contributed by atoms with Gasteiger partial charge in [-0.2, -0.15) is 0 Å². The minimum atomic E-state index is 0.884. The van der Waals surface area contributed by atoms with Crippen molar-refractivity contribution in [2.24, 2.45) is 0 Å². The van der Waals surface area contributed by atoms with Gasteiger partial charge in [0.15, 0.2) is 0 Å². The van der Waals surface area contributed by atoms with Crippen LogP contribution in [0.15, 0.2) is 12.1 Å². The molecule has 2 rings (SSSR count). The molecule has 0 bridgehead atoms. The summed E-state index contributed by atoms with van der Waals surface area (Å²) in [5.41, 5.74) is 4.20. The highest BCUT2D eigenvalue weighted by Crippen LogP contribution is 2.25. The normalized spacial score (nSPS) is 15.1. The van der Waals surface area contributed by atoms with Crippen LogP contribution in [0.1, 0.15) is 17.5 Å². The minimum Gasteiger partial charge on any atom is -0.493 e. The molecule has 0 saturated carbocycles. The molecule has 1 aliphatic rings. The molecule has 1 aliphatic heterocycles. The zero-order valence-electron chi connectivity index (χ0n) is 7.68. The zero-order chi connectivity index (χ0) is 8.55. The second kappa shape index (κ2) is 2.85. The molecule has 2 heteroatoms. The lowest BCUT2D eigenvalue weighted by Gasteiger charge is -2.20. The van der Waals surface area contributed by atoms with Crippen LogP contribution in [0.2, 0.25) is 0 Å². The number of hydrogen-bond donors (Lipinski definition) is 0. The fourth-order valence-corrected chi connectivity index (χ4v) is 1.73. The molecule has 12 heavy (non-hydrogen) atoms. The molecule has 0 saturated heterocycles. The summed E-state index contributed by atoms with van der Waals surface area (Å²) in [5, 5.41) is 0. The molecule has 0 N–H and O–H groups in total. The molecule has 0 fully saturated rings. The Hall–Kier alpha value is -0.915. The highest BCUT2D eigenvalue weighted by atomic mass is 16.5. The topological polar surface area (TPSA) is 9.23 Å². The molecule has 0 aromatic heterocycles. The second-order valence-electron chi connectivity index (χ2n) is 3.44. The van der Waals surface area contributed by atoms with E-state index >= 15 is 0 Å². The van der Waals surface area contributed by atoms with Crippen LogP contribution < -0.4 is 10.2 Å². The van der Waals surface area contributed by atoms with Gasteiger partial charge in [0.05, 0.1) is 6.61 Å². The monoisotopic (exact) mass is 160 g/mol. The van der Waals surface area contributed by atoms with Crippen molar-refractivity contribution in [3.63, 3.8) is 0 Å². The van der Waals surface area contributed by atoms with Crippen LogP contribution in [0.5, 0.6) is 5.75 Å². The summed E-state index contributed by atoms with van der Waals surface area (Å²) >= 11 is 0. The van der Waals surface area contributed by atoms with E-state index in [4.69, 9.17) is 4.74 Å². The van der Waals surface area contributed by atoms with Gasteiger partial charge in [-0.3, -0.25) is 0 Å². The molecule has 0 amide bonds. The number of rotatable bonds is 0. The standard InChI is InChI=1S/C10H13BO/c1-7-8-3-2-6-12-10(8)5-4-9(7)11/h4-5H,2-3,6,11H2,1H3. The first kappa shape index (κ1) is 7.72. The van der Waals surface area contributed by atoms with E-state index in [2.05, 4.69) is 26.9 Å². The first-order chi connectivity index (χ1) is 5.79. The van der Waals surface area contributed by atoms with Gasteiger partial charge in [-0.05, 0) is 31.4 Å². The van der Waals surface area contributed by atoms with Gasteiger partial charge in [-0.15, -0.1) is 0 Å². The van der Waals surface area contributed by atoms with Gasteiger partial charge < -0.3 is 4.74 Å². The van der Waals surface area contributed by atoms with E-state index in [1.165, 1.54) is 23.0 Å². The van der Waals surface area contributed by atoms with Gasteiger partial charge in [-0.1, -0.05) is 17.1 Å². The van der Waals surface area contributed by atoms with Crippen molar-refractivity contribution >= 4 is 13.3 Å². The third-order valence-corrected chi connectivity index (χ3v) is 2.65. The molecule has 1 nitrogen and oxygen atoms in total. The van der Waals surface area contributed by atoms with Gasteiger partial charge in [0.2, 0.25) is 0 Å². The van der Waals surface area contributed by atoms with Crippen molar-refractivity contribution in [1.82, 2.24) is 0 Å². The van der Waals surface area contributed by atoms with Crippen molar-refractivity contribution in [2.45, 2.75) is 19.8 Å². The Labute approximate surface area is 74.2 Å². The summed E-state index contributed by atoms with van der Waals surface area (Å²) in [6, 6.07) is 4.23. The average Bonchev–Trinajstić information content (AvgIpc) is 2.12. The number of fused-ring (bicyclic) bond motifs is 1. The predicted molar refractivity (Wildman–Crippen MR) is 53.2 cm³/mol. The van der Waals surface area contributed by atoms with Crippen molar-refractivity contribution in [2.75, 3.05) is 6.61 Å². The van der Waals surface area contributed by atoms with Crippen molar-refractivity contribution in [1.29, 1.82) is 0 Å². The molecular formula is C10H13BO. The van der Waals surface area contributed by atoms with E-state index in [0.29, 0.717) is 0 Å². The Balaban J connectivity index is 2.54. The molecular weight excluding hydrogens is 147 g/mol. The molecule has 0 atom stereocenters. The average molecular weight is 160 g/mol. The molecule has 0 aliphatic carbocycles. The number of benzene rings is 1.